The predicted molar refractivity (Wildman–Crippen MR) is 124 cm³/mol. The number of primary amides is 1. The summed E-state index contributed by atoms with van der Waals surface area (Å²) in [5.74, 6) is -1.34. The zero-order valence-electron chi connectivity index (χ0n) is 19.7. The monoisotopic (exact) mass is 520 g/mol. The maximum absolute atomic E-state index is 15.0. The molecule has 0 saturated carbocycles. The van der Waals surface area contributed by atoms with Gasteiger partial charge in [-0.2, -0.15) is 5.10 Å². The Hall–Kier alpha value is -4.09. The number of nitrogens with two attached hydrogens (primary N) is 1. The van der Waals surface area contributed by atoms with Crippen molar-refractivity contribution in [2.75, 3.05) is 13.1 Å². The number of carbonyl (C=O) groups excluding carboxylic acids is 2. The van der Waals surface area contributed by atoms with Crippen LogP contribution in [0.4, 0.5) is 17.6 Å². The van der Waals surface area contributed by atoms with Gasteiger partial charge in [0.05, 0.1) is 24.7 Å². The first-order valence-corrected chi connectivity index (χ1v) is 11.3. The zero-order chi connectivity index (χ0) is 26.7. The second kappa shape index (κ2) is 10.5. The molecule has 0 bridgehead atoms. The number of nitrogens with zero attached hydrogens (tertiary/aromatic N) is 3. The van der Waals surface area contributed by atoms with Crippen molar-refractivity contribution < 1.29 is 36.6 Å². The van der Waals surface area contributed by atoms with Crippen LogP contribution in [0.15, 0.2) is 54.9 Å². The van der Waals surface area contributed by atoms with Crippen molar-refractivity contribution in [2.45, 2.75) is 31.5 Å². The van der Waals surface area contributed by atoms with Gasteiger partial charge in [-0.05, 0) is 35.4 Å². The van der Waals surface area contributed by atoms with E-state index in [0.717, 1.165) is 17.7 Å². The van der Waals surface area contributed by atoms with Crippen molar-refractivity contribution in [3.63, 3.8) is 0 Å². The van der Waals surface area contributed by atoms with Crippen LogP contribution in [-0.2, 0) is 18.3 Å². The fraction of sp³-hybridized carbons (Fsp3) is 0.320. The predicted octanol–water partition coefficient (Wildman–Crippen LogP) is 3.65. The molecule has 0 radical (unpaired) electrons. The fourth-order valence-electron chi connectivity index (χ4n) is 4.08. The van der Waals surface area contributed by atoms with Crippen molar-refractivity contribution in [1.82, 2.24) is 14.7 Å². The number of piperidine rings is 1. The summed E-state index contributed by atoms with van der Waals surface area (Å²) in [6.07, 6.45) is -3.76. The molecule has 1 unspecified atom stereocenters. The first kappa shape index (κ1) is 26.0. The molecule has 37 heavy (non-hydrogen) atoms. The van der Waals surface area contributed by atoms with Gasteiger partial charge in [-0.15, -0.1) is 13.2 Å². The molecule has 2 heterocycles. The lowest BCUT2D eigenvalue weighted by molar-refractivity contribution is -0.274. The third kappa shape index (κ3) is 6.57. The summed E-state index contributed by atoms with van der Waals surface area (Å²) in [6.45, 7) is -0.0166. The van der Waals surface area contributed by atoms with Gasteiger partial charge in [0.1, 0.15) is 17.6 Å². The van der Waals surface area contributed by atoms with Gasteiger partial charge in [0.2, 0.25) is 5.91 Å². The number of amides is 2. The van der Waals surface area contributed by atoms with Gasteiger partial charge in [-0.25, -0.2) is 4.39 Å². The van der Waals surface area contributed by atoms with E-state index >= 15 is 4.39 Å². The molecule has 2 aromatic carbocycles. The fourth-order valence-corrected chi connectivity index (χ4v) is 4.08. The Morgan fingerprint density at radius 3 is 2.46 bits per heavy atom. The Labute approximate surface area is 209 Å². The minimum absolute atomic E-state index is 0.102. The highest BCUT2D eigenvalue weighted by Crippen LogP contribution is 2.30. The van der Waals surface area contributed by atoms with E-state index in [4.69, 9.17) is 10.5 Å². The van der Waals surface area contributed by atoms with Crippen LogP contribution in [0.3, 0.4) is 0 Å². The van der Waals surface area contributed by atoms with E-state index in [-0.39, 0.29) is 43.2 Å². The molecule has 4 rings (SSSR count). The second-order valence-corrected chi connectivity index (χ2v) is 8.65. The Balaban J connectivity index is 1.37. The number of halogens is 4. The van der Waals surface area contributed by atoms with E-state index in [1.807, 2.05) is 0 Å². The van der Waals surface area contributed by atoms with Crippen LogP contribution < -0.4 is 15.2 Å². The first-order valence-electron chi connectivity index (χ1n) is 11.3. The van der Waals surface area contributed by atoms with E-state index in [0.29, 0.717) is 11.1 Å². The van der Waals surface area contributed by atoms with E-state index in [1.165, 1.54) is 17.0 Å². The van der Waals surface area contributed by atoms with Gasteiger partial charge in [-0.1, -0.05) is 18.2 Å². The summed E-state index contributed by atoms with van der Waals surface area (Å²) in [5, 5.41) is 4.10. The van der Waals surface area contributed by atoms with Crippen molar-refractivity contribution in [3.05, 3.63) is 66.0 Å². The topological polar surface area (TPSA) is 99.7 Å². The number of aromatic nitrogens is 2. The normalized spacial score (nSPS) is 17.9. The highest BCUT2D eigenvalue weighted by molar-refractivity contribution is 5.97. The minimum Gasteiger partial charge on any atom is -0.486 e. The largest absolute Gasteiger partial charge is 0.573 e. The molecule has 3 aromatic rings. The standard InChI is InChI=1S/C25H24F4N4O4/c1-32-13-17(12-31-32)16-4-7-21(19(11-16)24(30)35)36-22-8-9-33(14-20(22)26)23(34)10-15-2-5-18(6-3-15)37-25(27,28)29/h2-7,11-13,20,22H,8-10,14H2,1H3,(H2,30,35)/t20-,22?/m1/s1. The lowest BCUT2D eigenvalue weighted by atomic mass is 10.0. The smallest absolute Gasteiger partial charge is 0.486 e. The van der Waals surface area contributed by atoms with Gasteiger partial charge < -0.3 is 20.1 Å². The van der Waals surface area contributed by atoms with E-state index in [2.05, 4.69) is 9.84 Å². The highest BCUT2D eigenvalue weighted by atomic mass is 19.4. The summed E-state index contributed by atoms with van der Waals surface area (Å²) in [7, 11) is 1.76. The summed E-state index contributed by atoms with van der Waals surface area (Å²) in [4.78, 5) is 26.0. The number of rotatable bonds is 7. The number of alkyl halides is 4. The van der Waals surface area contributed by atoms with Crippen LogP contribution in [0.1, 0.15) is 22.3 Å². The van der Waals surface area contributed by atoms with Crippen LogP contribution in [0.25, 0.3) is 11.1 Å². The van der Waals surface area contributed by atoms with Crippen LogP contribution in [0.2, 0.25) is 0 Å². The van der Waals surface area contributed by atoms with Gasteiger partial charge in [0.25, 0.3) is 5.91 Å². The number of benzene rings is 2. The highest BCUT2D eigenvalue weighted by Gasteiger charge is 2.34. The molecule has 2 atom stereocenters. The molecule has 1 aliphatic rings. The number of hydrogen-bond acceptors (Lipinski definition) is 5. The molecule has 0 spiro atoms. The number of hydrogen-bond donors (Lipinski definition) is 1. The summed E-state index contributed by atoms with van der Waals surface area (Å²) < 4.78 is 63.1. The van der Waals surface area contributed by atoms with Gasteiger partial charge in [0.15, 0.2) is 6.17 Å². The number of aryl methyl sites for hydroxylation is 1. The van der Waals surface area contributed by atoms with Crippen LogP contribution in [0.5, 0.6) is 11.5 Å². The molecule has 2 N–H and O–H groups in total. The molecule has 2 amide bonds. The molecule has 0 aliphatic carbocycles. The Kier molecular flexibility index (Phi) is 7.37. The van der Waals surface area contributed by atoms with Gasteiger partial charge in [0, 0.05) is 31.8 Å². The first-order chi connectivity index (χ1) is 17.5. The molecular formula is C25H24F4N4O4. The quantitative estimate of drug-likeness (QED) is 0.480. The lowest BCUT2D eigenvalue weighted by Gasteiger charge is -2.35. The molecule has 12 heteroatoms. The molecule has 1 aromatic heterocycles. The van der Waals surface area contributed by atoms with Crippen molar-refractivity contribution in [2.24, 2.45) is 12.8 Å². The summed E-state index contributed by atoms with van der Waals surface area (Å²) >= 11 is 0. The maximum atomic E-state index is 15.0. The van der Waals surface area contributed by atoms with Crippen LogP contribution in [0, 0.1) is 0 Å². The van der Waals surface area contributed by atoms with E-state index in [1.54, 1.807) is 42.3 Å². The summed E-state index contributed by atoms with van der Waals surface area (Å²) in [5.41, 5.74) is 7.57. The molecular weight excluding hydrogens is 496 g/mol. The van der Waals surface area contributed by atoms with Crippen molar-refractivity contribution in [3.8, 4) is 22.6 Å². The number of carbonyl (C=O) groups is 2. The van der Waals surface area contributed by atoms with Crippen LogP contribution in [-0.4, -0.2) is 58.2 Å². The Morgan fingerprint density at radius 2 is 1.86 bits per heavy atom. The van der Waals surface area contributed by atoms with Gasteiger partial charge in [-0.3, -0.25) is 14.3 Å². The zero-order valence-corrected chi connectivity index (χ0v) is 19.7. The molecule has 1 saturated heterocycles. The van der Waals surface area contributed by atoms with E-state index < -0.39 is 30.3 Å². The third-order valence-corrected chi connectivity index (χ3v) is 5.91. The van der Waals surface area contributed by atoms with Gasteiger partial charge >= 0.3 is 6.36 Å². The SMILES string of the molecule is Cn1cc(-c2ccc(OC3CCN(C(=O)Cc4ccc(OC(F)(F)F)cc4)C[C@H]3F)c(C(N)=O)c2)cn1. The Bertz CT molecular complexity index is 1280. The van der Waals surface area contributed by atoms with Crippen LogP contribution >= 0.6 is 0 Å². The average Bonchev–Trinajstić information content (AvgIpc) is 3.27. The molecule has 196 valence electrons. The second-order valence-electron chi connectivity index (χ2n) is 8.65. The average molecular weight is 520 g/mol. The number of ether oxygens (including phenoxy) is 2. The lowest BCUT2D eigenvalue weighted by Crippen LogP contribution is -2.49. The maximum Gasteiger partial charge on any atom is 0.573 e. The molecule has 8 nitrogen and oxygen atoms in total. The van der Waals surface area contributed by atoms with Crippen molar-refractivity contribution in [1.29, 1.82) is 0 Å². The minimum atomic E-state index is -4.81. The third-order valence-electron chi connectivity index (χ3n) is 5.91. The molecule has 1 aliphatic heterocycles. The Morgan fingerprint density at radius 1 is 1.14 bits per heavy atom. The number of likely N-dealkylation sites (tertiary alicyclic amines) is 1. The summed E-state index contributed by atoms with van der Waals surface area (Å²) in [6, 6.07) is 9.76. The van der Waals surface area contributed by atoms with Crippen molar-refractivity contribution >= 4 is 11.8 Å². The van der Waals surface area contributed by atoms with E-state index in [9.17, 15) is 22.8 Å². The molecule has 1 fully saturated rings.